The van der Waals surface area contributed by atoms with E-state index in [2.05, 4.69) is 20.8 Å². The highest BCUT2D eigenvalue weighted by Gasteiger charge is 2.15. The monoisotopic (exact) mass is 445 g/mol. The van der Waals surface area contributed by atoms with Crippen LogP contribution >= 0.6 is 23.1 Å². The summed E-state index contributed by atoms with van der Waals surface area (Å²) in [6.45, 7) is 1.94. The number of aromatic nitrogens is 3. The number of carbonyl (C=O) groups is 2. The second-order valence-corrected chi connectivity index (χ2v) is 8.28. The number of anilines is 2. The molecule has 0 aliphatic carbocycles. The highest BCUT2D eigenvalue weighted by atomic mass is 32.2. The quantitative estimate of drug-likeness (QED) is 0.483. The first-order chi connectivity index (χ1) is 14.5. The van der Waals surface area contributed by atoms with Gasteiger partial charge in [0.05, 0.1) is 23.4 Å². The summed E-state index contributed by atoms with van der Waals surface area (Å²) < 4.78 is 7.19. The molecule has 0 fully saturated rings. The fourth-order valence-corrected chi connectivity index (χ4v) is 4.17. The zero-order chi connectivity index (χ0) is 21.5. The second-order valence-electron chi connectivity index (χ2n) is 6.39. The predicted molar refractivity (Wildman–Crippen MR) is 120 cm³/mol. The zero-order valence-electron chi connectivity index (χ0n) is 17.0. The molecule has 0 aliphatic rings. The van der Waals surface area contributed by atoms with Crippen LogP contribution in [-0.2, 0) is 16.6 Å². The standard InChI is InChI=1S/C20H23N5O3S2/c1-4-6-17(26)21-13-8-9-15(28-3)14(11-13)22-18(27)12-30-20-24-23-19(25(20)2)16-7-5-10-29-16/h5,7-11H,4,6,12H2,1-3H3,(H,21,26)(H,22,27). The summed E-state index contributed by atoms with van der Waals surface area (Å²) in [5, 5.41) is 16.7. The molecule has 0 atom stereocenters. The number of methoxy groups -OCH3 is 1. The molecule has 3 aromatic rings. The molecule has 1 aromatic carbocycles. The Labute approximate surface area is 183 Å². The van der Waals surface area contributed by atoms with E-state index in [0.717, 1.165) is 17.1 Å². The molecule has 2 heterocycles. The first kappa shape index (κ1) is 21.8. The third-order valence-corrected chi connectivity index (χ3v) is 6.03. The molecule has 0 spiro atoms. The van der Waals surface area contributed by atoms with Crippen LogP contribution in [0.1, 0.15) is 19.8 Å². The summed E-state index contributed by atoms with van der Waals surface area (Å²) in [6.07, 6.45) is 1.20. The smallest absolute Gasteiger partial charge is 0.234 e. The van der Waals surface area contributed by atoms with Crippen molar-refractivity contribution in [1.29, 1.82) is 0 Å². The Kier molecular flexibility index (Phi) is 7.47. The van der Waals surface area contributed by atoms with Crippen LogP contribution in [0.4, 0.5) is 11.4 Å². The van der Waals surface area contributed by atoms with Crippen molar-refractivity contribution < 1.29 is 14.3 Å². The maximum atomic E-state index is 12.5. The van der Waals surface area contributed by atoms with E-state index < -0.39 is 0 Å². The minimum atomic E-state index is -0.212. The lowest BCUT2D eigenvalue weighted by molar-refractivity contribution is -0.116. The fraction of sp³-hybridized carbons (Fsp3) is 0.300. The number of ether oxygens (including phenoxy) is 1. The number of carbonyl (C=O) groups excluding carboxylic acids is 2. The minimum absolute atomic E-state index is 0.0701. The molecule has 8 nitrogen and oxygen atoms in total. The van der Waals surface area contributed by atoms with Crippen molar-refractivity contribution in [1.82, 2.24) is 14.8 Å². The van der Waals surface area contributed by atoms with Gasteiger partial charge in [0.15, 0.2) is 11.0 Å². The van der Waals surface area contributed by atoms with Crippen molar-refractivity contribution in [2.45, 2.75) is 24.9 Å². The van der Waals surface area contributed by atoms with E-state index in [1.54, 1.807) is 29.5 Å². The summed E-state index contributed by atoms with van der Waals surface area (Å²) in [4.78, 5) is 25.4. The molecule has 0 aliphatic heterocycles. The molecule has 30 heavy (non-hydrogen) atoms. The van der Waals surface area contributed by atoms with E-state index in [1.807, 2.05) is 36.1 Å². The summed E-state index contributed by atoms with van der Waals surface area (Å²) in [6, 6.07) is 9.07. The Morgan fingerprint density at radius 3 is 2.73 bits per heavy atom. The zero-order valence-corrected chi connectivity index (χ0v) is 18.6. The van der Waals surface area contributed by atoms with E-state index in [1.165, 1.54) is 18.9 Å². The SMILES string of the molecule is CCCC(=O)Nc1ccc(OC)c(NC(=O)CSc2nnc(-c3cccs3)n2C)c1. The molecule has 2 amide bonds. The van der Waals surface area contributed by atoms with Gasteiger partial charge in [0, 0.05) is 19.2 Å². The lowest BCUT2D eigenvalue weighted by Gasteiger charge is -2.12. The summed E-state index contributed by atoms with van der Waals surface area (Å²) in [5.74, 6) is 1.16. The molecule has 2 aromatic heterocycles. The third-order valence-electron chi connectivity index (χ3n) is 4.14. The number of thioether (sulfide) groups is 1. The first-order valence-electron chi connectivity index (χ1n) is 9.35. The molecule has 158 valence electrons. The van der Waals surface area contributed by atoms with E-state index >= 15 is 0 Å². The van der Waals surface area contributed by atoms with Gasteiger partial charge in [-0.25, -0.2) is 0 Å². The van der Waals surface area contributed by atoms with Crippen molar-refractivity contribution >= 4 is 46.3 Å². The second kappa shape index (κ2) is 10.3. The number of amides is 2. The highest BCUT2D eigenvalue weighted by Crippen LogP contribution is 2.29. The summed E-state index contributed by atoms with van der Waals surface area (Å²) in [7, 11) is 3.40. The molecular formula is C20H23N5O3S2. The Balaban J connectivity index is 1.64. The third kappa shape index (κ3) is 5.39. The Hall–Kier alpha value is -2.85. The van der Waals surface area contributed by atoms with Gasteiger partial charge in [0.2, 0.25) is 11.8 Å². The van der Waals surface area contributed by atoms with Crippen LogP contribution in [0, 0.1) is 0 Å². The van der Waals surface area contributed by atoms with Crippen LogP contribution in [0.2, 0.25) is 0 Å². The molecule has 0 saturated carbocycles. The average molecular weight is 446 g/mol. The van der Waals surface area contributed by atoms with E-state index in [-0.39, 0.29) is 17.6 Å². The van der Waals surface area contributed by atoms with Crippen molar-refractivity contribution in [2.75, 3.05) is 23.5 Å². The molecule has 0 bridgehead atoms. The molecule has 0 radical (unpaired) electrons. The summed E-state index contributed by atoms with van der Waals surface area (Å²) >= 11 is 2.89. The Morgan fingerprint density at radius 1 is 1.20 bits per heavy atom. The first-order valence-corrected chi connectivity index (χ1v) is 11.2. The maximum absolute atomic E-state index is 12.5. The van der Waals surface area contributed by atoms with Gasteiger partial charge in [-0.2, -0.15) is 0 Å². The van der Waals surface area contributed by atoms with E-state index in [0.29, 0.717) is 28.7 Å². The van der Waals surface area contributed by atoms with Gasteiger partial charge in [-0.3, -0.25) is 9.59 Å². The van der Waals surface area contributed by atoms with Crippen molar-refractivity contribution in [3.8, 4) is 16.5 Å². The van der Waals surface area contributed by atoms with Gasteiger partial charge in [-0.1, -0.05) is 24.8 Å². The minimum Gasteiger partial charge on any atom is -0.495 e. The summed E-state index contributed by atoms with van der Waals surface area (Å²) in [5.41, 5.74) is 1.10. The molecule has 0 saturated heterocycles. The normalized spacial score (nSPS) is 10.6. The van der Waals surface area contributed by atoms with Crippen LogP contribution < -0.4 is 15.4 Å². The number of nitrogens with one attached hydrogen (secondary N) is 2. The van der Waals surface area contributed by atoms with Gasteiger partial charge in [0.25, 0.3) is 0 Å². The maximum Gasteiger partial charge on any atom is 0.234 e. The van der Waals surface area contributed by atoms with Gasteiger partial charge in [-0.15, -0.1) is 21.5 Å². The van der Waals surface area contributed by atoms with E-state index in [4.69, 9.17) is 4.74 Å². The number of hydrogen-bond donors (Lipinski definition) is 2. The lowest BCUT2D eigenvalue weighted by Crippen LogP contribution is -2.16. The molecular weight excluding hydrogens is 422 g/mol. The molecule has 10 heteroatoms. The number of nitrogens with zero attached hydrogens (tertiary/aromatic N) is 3. The van der Waals surface area contributed by atoms with Crippen LogP contribution in [0.5, 0.6) is 5.75 Å². The van der Waals surface area contributed by atoms with Crippen LogP contribution in [0.15, 0.2) is 40.9 Å². The average Bonchev–Trinajstić information content (AvgIpc) is 3.36. The van der Waals surface area contributed by atoms with E-state index in [9.17, 15) is 9.59 Å². The van der Waals surface area contributed by atoms with Crippen LogP contribution in [-0.4, -0.2) is 39.4 Å². The highest BCUT2D eigenvalue weighted by molar-refractivity contribution is 7.99. The number of rotatable bonds is 9. The van der Waals surface area contributed by atoms with Crippen molar-refractivity contribution in [2.24, 2.45) is 7.05 Å². The topological polar surface area (TPSA) is 98.1 Å². The van der Waals surface area contributed by atoms with Crippen LogP contribution in [0.25, 0.3) is 10.7 Å². The Bertz CT molecular complexity index is 1020. The van der Waals surface area contributed by atoms with Crippen LogP contribution in [0.3, 0.4) is 0 Å². The van der Waals surface area contributed by atoms with Crippen molar-refractivity contribution in [3.05, 3.63) is 35.7 Å². The van der Waals surface area contributed by atoms with Gasteiger partial charge >= 0.3 is 0 Å². The molecule has 2 N–H and O–H groups in total. The lowest BCUT2D eigenvalue weighted by atomic mass is 10.2. The Morgan fingerprint density at radius 2 is 2.03 bits per heavy atom. The van der Waals surface area contributed by atoms with Gasteiger partial charge in [0.1, 0.15) is 5.75 Å². The van der Waals surface area contributed by atoms with Gasteiger partial charge in [-0.05, 0) is 36.1 Å². The van der Waals surface area contributed by atoms with Crippen molar-refractivity contribution in [3.63, 3.8) is 0 Å². The molecule has 3 rings (SSSR count). The molecule has 0 unspecified atom stereocenters. The predicted octanol–water partition coefficient (Wildman–Crippen LogP) is 4.02. The van der Waals surface area contributed by atoms with Gasteiger partial charge < -0.3 is 19.9 Å². The largest absolute Gasteiger partial charge is 0.495 e. The number of benzene rings is 1. The number of thiophene rings is 1. The number of hydrogen-bond acceptors (Lipinski definition) is 7. The fourth-order valence-electron chi connectivity index (χ4n) is 2.71.